The van der Waals surface area contributed by atoms with Crippen molar-refractivity contribution < 1.29 is 4.79 Å². The second kappa shape index (κ2) is 8.95. The number of pyridine rings is 1. The molecule has 2 aromatic rings. The third kappa shape index (κ3) is 4.92. The highest BCUT2D eigenvalue weighted by Crippen LogP contribution is 2.24. The lowest BCUT2D eigenvalue weighted by atomic mass is 9.96. The van der Waals surface area contributed by atoms with Crippen LogP contribution in [0.1, 0.15) is 54.0 Å². The summed E-state index contributed by atoms with van der Waals surface area (Å²) in [6.45, 7) is 7.61. The molecule has 1 aliphatic rings. The van der Waals surface area contributed by atoms with E-state index in [-0.39, 0.29) is 11.9 Å². The van der Waals surface area contributed by atoms with Gasteiger partial charge >= 0.3 is 0 Å². The predicted octanol–water partition coefficient (Wildman–Crippen LogP) is 3.78. The molecule has 0 radical (unpaired) electrons. The summed E-state index contributed by atoms with van der Waals surface area (Å²) in [5.74, 6) is 0.115. The van der Waals surface area contributed by atoms with Crippen molar-refractivity contribution in [3.63, 3.8) is 0 Å². The Bertz CT molecular complexity index is 723. The van der Waals surface area contributed by atoms with E-state index < -0.39 is 0 Å². The van der Waals surface area contributed by atoms with Gasteiger partial charge in [-0.2, -0.15) is 0 Å². The molecule has 138 valence electrons. The van der Waals surface area contributed by atoms with Gasteiger partial charge in [0.25, 0.3) is 0 Å². The first-order valence-corrected chi connectivity index (χ1v) is 9.62. The maximum Gasteiger partial charge on any atom is 0.220 e. The molecule has 3 rings (SSSR count). The predicted molar refractivity (Wildman–Crippen MR) is 105 cm³/mol. The summed E-state index contributed by atoms with van der Waals surface area (Å²) in [5.41, 5.74) is 4.69. The standard InChI is InChI=1S/C22H29N3O/c1-17-7-8-20(16-18(17)2)22(19-9-11-23-12-10-19)24-21(26)6-5-15-25-13-3-4-14-25/h7-12,16,22H,3-6,13-15H2,1-2H3,(H,24,26)/t22-/m0/s1. The molecule has 4 nitrogen and oxygen atoms in total. The Morgan fingerprint density at radius 2 is 1.81 bits per heavy atom. The number of aryl methyl sites for hydroxylation is 2. The number of nitrogens with zero attached hydrogens (tertiary/aromatic N) is 2. The fourth-order valence-electron chi connectivity index (χ4n) is 3.56. The lowest BCUT2D eigenvalue weighted by Crippen LogP contribution is -2.30. The molecular weight excluding hydrogens is 322 g/mol. The monoisotopic (exact) mass is 351 g/mol. The van der Waals surface area contributed by atoms with Crippen molar-refractivity contribution >= 4 is 5.91 Å². The Morgan fingerprint density at radius 1 is 1.08 bits per heavy atom. The number of carbonyl (C=O) groups is 1. The maximum absolute atomic E-state index is 12.6. The van der Waals surface area contributed by atoms with Crippen LogP contribution < -0.4 is 5.32 Å². The quantitative estimate of drug-likeness (QED) is 0.826. The van der Waals surface area contributed by atoms with Crippen LogP contribution in [0.5, 0.6) is 0 Å². The number of hydrogen-bond acceptors (Lipinski definition) is 3. The second-order valence-corrected chi connectivity index (χ2v) is 7.28. The fourth-order valence-corrected chi connectivity index (χ4v) is 3.56. The zero-order chi connectivity index (χ0) is 18.4. The van der Waals surface area contributed by atoms with Gasteiger partial charge in [-0.3, -0.25) is 9.78 Å². The Hall–Kier alpha value is -2.20. The first-order valence-electron chi connectivity index (χ1n) is 9.62. The number of aromatic nitrogens is 1. The van der Waals surface area contributed by atoms with E-state index in [1.165, 1.54) is 37.1 Å². The van der Waals surface area contributed by atoms with Crippen molar-refractivity contribution in [1.29, 1.82) is 0 Å². The summed E-state index contributed by atoms with van der Waals surface area (Å²) in [6, 6.07) is 10.2. The van der Waals surface area contributed by atoms with Crippen LogP contribution in [0.4, 0.5) is 0 Å². The zero-order valence-corrected chi connectivity index (χ0v) is 15.9. The SMILES string of the molecule is Cc1ccc([C@@H](NC(=O)CCCN2CCCC2)c2ccncc2)cc1C. The van der Waals surface area contributed by atoms with Crippen molar-refractivity contribution in [2.45, 2.75) is 45.6 Å². The van der Waals surface area contributed by atoms with Crippen LogP contribution in [0.3, 0.4) is 0 Å². The van der Waals surface area contributed by atoms with E-state index >= 15 is 0 Å². The molecule has 1 amide bonds. The lowest BCUT2D eigenvalue weighted by Gasteiger charge is -2.21. The van der Waals surface area contributed by atoms with E-state index in [1.807, 2.05) is 12.1 Å². The van der Waals surface area contributed by atoms with Crippen LogP contribution in [-0.2, 0) is 4.79 Å². The molecule has 1 N–H and O–H groups in total. The van der Waals surface area contributed by atoms with Crippen LogP contribution in [0.25, 0.3) is 0 Å². The van der Waals surface area contributed by atoms with Crippen molar-refractivity contribution in [2.75, 3.05) is 19.6 Å². The topological polar surface area (TPSA) is 45.2 Å². The van der Waals surface area contributed by atoms with Gasteiger partial charge in [0.2, 0.25) is 5.91 Å². The van der Waals surface area contributed by atoms with Crippen LogP contribution >= 0.6 is 0 Å². The average molecular weight is 351 g/mol. The molecule has 0 bridgehead atoms. The molecule has 0 saturated carbocycles. The van der Waals surface area contributed by atoms with Gasteiger partial charge in [-0.15, -0.1) is 0 Å². The number of amides is 1. The van der Waals surface area contributed by atoms with Gasteiger partial charge in [0.1, 0.15) is 0 Å². The summed E-state index contributed by atoms with van der Waals surface area (Å²) in [4.78, 5) is 19.1. The molecule has 0 aliphatic carbocycles. The largest absolute Gasteiger partial charge is 0.345 e. The number of hydrogen-bond donors (Lipinski definition) is 1. The van der Waals surface area contributed by atoms with Gasteiger partial charge in [0.05, 0.1) is 6.04 Å². The van der Waals surface area contributed by atoms with E-state index in [1.54, 1.807) is 12.4 Å². The molecule has 1 atom stereocenters. The molecule has 4 heteroatoms. The number of carbonyl (C=O) groups excluding carboxylic acids is 1. The number of rotatable bonds is 7. The van der Waals surface area contributed by atoms with E-state index in [2.05, 4.69) is 47.2 Å². The Labute approximate surface area is 156 Å². The lowest BCUT2D eigenvalue weighted by molar-refractivity contribution is -0.121. The van der Waals surface area contributed by atoms with Crippen molar-refractivity contribution in [3.8, 4) is 0 Å². The number of nitrogens with one attached hydrogen (secondary N) is 1. The minimum Gasteiger partial charge on any atom is -0.345 e. The summed E-state index contributed by atoms with van der Waals surface area (Å²) >= 11 is 0. The molecule has 1 fully saturated rings. The Balaban J connectivity index is 1.67. The molecule has 0 unspecified atom stereocenters. The third-order valence-corrected chi connectivity index (χ3v) is 5.29. The molecule has 1 aliphatic heterocycles. The normalized spacial score (nSPS) is 15.8. The second-order valence-electron chi connectivity index (χ2n) is 7.28. The van der Waals surface area contributed by atoms with Crippen LogP contribution in [0.15, 0.2) is 42.7 Å². The van der Waals surface area contributed by atoms with Gasteiger partial charge in [-0.05, 0) is 87.1 Å². The van der Waals surface area contributed by atoms with Gasteiger partial charge in [0, 0.05) is 18.8 Å². The highest BCUT2D eigenvalue weighted by Gasteiger charge is 2.18. The number of benzene rings is 1. The summed E-state index contributed by atoms with van der Waals surface area (Å²) < 4.78 is 0. The minimum atomic E-state index is -0.128. The highest BCUT2D eigenvalue weighted by molar-refractivity contribution is 5.77. The van der Waals surface area contributed by atoms with Gasteiger partial charge < -0.3 is 10.2 Å². The van der Waals surface area contributed by atoms with Crippen LogP contribution in [0, 0.1) is 13.8 Å². The van der Waals surface area contributed by atoms with Crippen LogP contribution in [-0.4, -0.2) is 35.4 Å². The molecule has 1 aromatic heterocycles. The van der Waals surface area contributed by atoms with E-state index in [0.29, 0.717) is 6.42 Å². The van der Waals surface area contributed by atoms with Crippen molar-refractivity contribution in [2.24, 2.45) is 0 Å². The van der Waals surface area contributed by atoms with Gasteiger partial charge in [0.15, 0.2) is 0 Å². The van der Waals surface area contributed by atoms with E-state index in [9.17, 15) is 4.79 Å². The molecule has 2 heterocycles. The third-order valence-electron chi connectivity index (χ3n) is 5.29. The maximum atomic E-state index is 12.6. The summed E-state index contributed by atoms with van der Waals surface area (Å²) in [5, 5.41) is 3.24. The fraction of sp³-hybridized carbons (Fsp3) is 0.455. The van der Waals surface area contributed by atoms with Gasteiger partial charge in [-0.1, -0.05) is 18.2 Å². The van der Waals surface area contributed by atoms with E-state index in [4.69, 9.17) is 0 Å². The minimum absolute atomic E-state index is 0.115. The smallest absolute Gasteiger partial charge is 0.220 e. The molecule has 0 spiro atoms. The summed E-state index contributed by atoms with van der Waals surface area (Å²) in [6.07, 6.45) is 7.64. The highest BCUT2D eigenvalue weighted by atomic mass is 16.1. The van der Waals surface area contributed by atoms with Crippen molar-refractivity contribution in [1.82, 2.24) is 15.2 Å². The van der Waals surface area contributed by atoms with E-state index in [0.717, 1.165) is 24.1 Å². The molecule has 26 heavy (non-hydrogen) atoms. The molecular formula is C22H29N3O. The first-order chi connectivity index (χ1) is 12.6. The first kappa shape index (κ1) is 18.6. The average Bonchev–Trinajstić information content (AvgIpc) is 3.16. The summed E-state index contributed by atoms with van der Waals surface area (Å²) in [7, 11) is 0. The molecule has 1 saturated heterocycles. The van der Waals surface area contributed by atoms with Crippen molar-refractivity contribution in [3.05, 3.63) is 65.0 Å². The molecule has 1 aromatic carbocycles. The van der Waals surface area contributed by atoms with Gasteiger partial charge in [-0.25, -0.2) is 0 Å². The Kier molecular flexibility index (Phi) is 6.40. The van der Waals surface area contributed by atoms with Crippen LogP contribution in [0.2, 0.25) is 0 Å². The number of likely N-dealkylation sites (tertiary alicyclic amines) is 1. The zero-order valence-electron chi connectivity index (χ0n) is 15.9. The Morgan fingerprint density at radius 3 is 2.50 bits per heavy atom.